The molecule has 1 N–H and O–H groups in total. The number of nitrogens with one attached hydrogen (secondary N) is 1. The number of aromatic nitrogens is 1. The van der Waals surface area contributed by atoms with E-state index in [0.29, 0.717) is 6.04 Å². The van der Waals surface area contributed by atoms with E-state index in [1.165, 1.54) is 28.4 Å². The largest absolute Gasteiger partial charge is 0.310 e. The lowest BCUT2D eigenvalue weighted by atomic mass is 10.2. The van der Waals surface area contributed by atoms with Crippen LogP contribution in [0.4, 0.5) is 0 Å². The normalized spacial score (nSPS) is 15.9. The SMILES string of the molecule is CC(C)NCc1sc(CCN(C)C)nc1C1CC1. The molecule has 0 radical (unpaired) electrons. The number of thiazole rings is 1. The summed E-state index contributed by atoms with van der Waals surface area (Å²) in [6.45, 7) is 6.48. The van der Waals surface area contributed by atoms with Crippen molar-refractivity contribution in [1.82, 2.24) is 15.2 Å². The average Bonchev–Trinajstić information content (AvgIpc) is 3.05. The third-order valence-corrected chi connectivity index (χ3v) is 4.31. The van der Waals surface area contributed by atoms with Gasteiger partial charge in [0.25, 0.3) is 0 Å². The molecule has 0 atom stereocenters. The lowest BCUT2D eigenvalue weighted by molar-refractivity contribution is 0.413. The van der Waals surface area contributed by atoms with E-state index >= 15 is 0 Å². The van der Waals surface area contributed by atoms with E-state index < -0.39 is 0 Å². The number of nitrogens with zero attached hydrogens (tertiary/aromatic N) is 2. The molecule has 0 spiro atoms. The Morgan fingerprint density at radius 3 is 2.67 bits per heavy atom. The van der Waals surface area contributed by atoms with Crippen LogP contribution in [-0.2, 0) is 13.0 Å². The Labute approximate surface area is 115 Å². The van der Waals surface area contributed by atoms with Crippen LogP contribution in [0.2, 0.25) is 0 Å². The minimum absolute atomic E-state index is 0.546. The predicted octanol–water partition coefficient (Wildman–Crippen LogP) is 2.62. The molecule has 102 valence electrons. The highest BCUT2D eigenvalue weighted by molar-refractivity contribution is 7.11. The molecular weight excluding hydrogens is 242 g/mol. The Bertz CT molecular complexity index is 380. The maximum absolute atomic E-state index is 4.87. The first-order valence-corrected chi connectivity index (χ1v) is 7.74. The molecule has 1 aliphatic carbocycles. The summed E-state index contributed by atoms with van der Waals surface area (Å²) in [6, 6.07) is 0.546. The van der Waals surface area contributed by atoms with E-state index in [1.54, 1.807) is 0 Å². The second kappa shape index (κ2) is 6.13. The van der Waals surface area contributed by atoms with Crippen LogP contribution in [0.15, 0.2) is 0 Å². The molecule has 1 aliphatic rings. The van der Waals surface area contributed by atoms with Gasteiger partial charge >= 0.3 is 0 Å². The van der Waals surface area contributed by atoms with Crippen molar-refractivity contribution in [3.63, 3.8) is 0 Å². The molecule has 0 amide bonds. The van der Waals surface area contributed by atoms with Gasteiger partial charge in [-0.15, -0.1) is 11.3 Å². The molecule has 2 rings (SSSR count). The van der Waals surface area contributed by atoms with Gasteiger partial charge in [0.1, 0.15) is 0 Å². The molecule has 18 heavy (non-hydrogen) atoms. The molecule has 0 aliphatic heterocycles. The Morgan fingerprint density at radius 2 is 2.11 bits per heavy atom. The van der Waals surface area contributed by atoms with Gasteiger partial charge < -0.3 is 10.2 Å². The molecule has 0 bridgehead atoms. The van der Waals surface area contributed by atoms with Crippen LogP contribution in [0.3, 0.4) is 0 Å². The summed E-state index contributed by atoms with van der Waals surface area (Å²) in [5.41, 5.74) is 1.39. The third-order valence-electron chi connectivity index (χ3n) is 3.18. The Balaban J connectivity index is 2.01. The first-order chi connectivity index (χ1) is 8.56. The summed E-state index contributed by atoms with van der Waals surface area (Å²) < 4.78 is 0. The first kappa shape index (κ1) is 14.0. The van der Waals surface area contributed by atoms with Crippen molar-refractivity contribution in [1.29, 1.82) is 0 Å². The minimum atomic E-state index is 0.546. The van der Waals surface area contributed by atoms with Crippen molar-refractivity contribution in [3.05, 3.63) is 15.6 Å². The maximum Gasteiger partial charge on any atom is 0.0944 e. The van der Waals surface area contributed by atoms with Crippen LogP contribution < -0.4 is 5.32 Å². The Kier molecular flexibility index (Phi) is 4.76. The van der Waals surface area contributed by atoms with Gasteiger partial charge in [0.05, 0.1) is 10.7 Å². The second-order valence-electron chi connectivity index (χ2n) is 5.78. The number of hydrogen-bond donors (Lipinski definition) is 1. The van der Waals surface area contributed by atoms with E-state index in [0.717, 1.165) is 25.4 Å². The molecule has 1 aromatic heterocycles. The summed E-state index contributed by atoms with van der Waals surface area (Å²) >= 11 is 1.91. The molecular formula is C14H25N3S. The first-order valence-electron chi connectivity index (χ1n) is 6.93. The van der Waals surface area contributed by atoms with Crippen molar-refractivity contribution in [3.8, 4) is 0 Å². The van der Waals surface area contributed by atoms with Crippen LogP contribution in [0.1, 0.15) is 48.2 Å². The van der Waals surface area contributed by atoms with Gasteiger partial charge in [-0.05, 0) is 26.9 Å². The van der Waals surface area contributed by atoms with Gasteiger partial charge in [0, 0.05) is 36.3 Å². The molecule has 0 saturated heterocycles. The van der Waals surface area contributed by atoms with Gasteiger partial charge in [-0.3, -0.25) is 0 Å². The number of likely N-dealkylation sites (N-methyl/N-ethyl adjacent to an activating group) is 1. The van der Waals surface area contributed by atoms with E-state index in [-0.39, 0.29) is 0 Å². The van der Waals surface area contributed by atoms with Gasteiger partial charge in [0.15, 0.2) is 0 Å². The van der Waals surface area contributed by atoms with Gasteiger partial charge in [-0.25, -0.2) is 4.98 Å². The average molecular weight is 267 g/mol. The summed E-state index contributed by atoms with van der Waals surface area (Å²) in [5.74, 6) is 0.762. The molecule has 3 nitrogen and oxygen atoms in total. The fourth-order valence-corrected chi connectivity index (χ4v) is 3.03. The monoisotopic (exact) mass is 267 g/mol. The lowest BCUT2D eigenvalue weighted by Gasteiger charge is -2.07. The van der Waals surface area contributed by atoms with Crippen LogP contribution in [0.25, 0.3) is 0 Å². The van der Waals surface area contributed by atoms with Crippen molar-refractivity contribution in [2.45, 2.75) is 51.6 Å². The number of hydrogen-bond acceptors (Lipinski definition) is 4. The molecule has 0 unspecified atom stereocenters. The smallest absolute Gasteiger partial charge is 0.0944 e. The standard InChI is InChI=1S/C14H25N3S/c1-10(2)15-9-12-14(11-5-6-11)16-13(18-12)7-8-17(3)4/h10-11,15H,5-9H2,1-4H3. The van der Waals surface area contributed by atoms with Crippen molar-refractivity contribution >= 4 is 11.3 Å². The third kappa shape index (κ3) is 4.04. The van der Waals surface area contributed by atoms with Crippen LogP contribution in [0.5, 0.6) is 0 Å². The molecule has 1 heterocycles. The van der Waals surface area contributed by atoms with Gasteiger partial charge in [0.2, 0.25) is 0 Å². The zero-order valence-electron chi connectivity index (χ0n) is 12.0. The fourth-order valence-electron chi connectivity index (χ4n) is 1.94. The summed E-state index contributed by atoms with van der Waals surface area (Å²) in [5, 5.41) is 4.83. The zero-order chi connectivity index (χ0) is 13.1. The van der Waals surface area contributed by atoms with E-state index in [2.05, 4.69) is 38.2 Å². The molecule has 1 aromatic rings. The molecule has 1 fully saturated rings. The van der Waals surface area contributed by atoms with E-state index in [9.17, 15) is 0 Å². The second-order valence-corrected chi connectivity index (χ2v) is 6.95. The number of rotatable bonds is 7. The van der Waals surface area contributed by atoms with Gasteiger partial charge in [-0.2, -0.15) is 0 Å². The van der Waals surface area contributed by atoms with Crippen LogP contribution in [-0.4, -0.2) is 36.6 Å². The molecule has 4 heteroatoms. The quantitative estimate of drug-likeness (QED) is 0.823. The zero-order valence-corrected chi connectivity index (χ0v) is 12.8. The fraction of sp³-hybridized carbons (Fsp3) is 0.786. The van der Waals surface area contributed by atoms with Gasteiger partial charge in [-0.1, -0.05) is 13.8 Å². The predicted molar refractivity (Wildman–Crippen MR) is 78.3 cm³/mol. The Hall–Kier alpha value is -0.450. The highest BCUT2D eigenvalue weighted by Crippen LogP contribution is 2.42. The van der Waals surface area contributed by atoms with Crippen molar-refractivity contribution in [2.75, 3.05) is 20.6 Å². The summed E-state index contributed by atoms with van der Waals surface area (Å²) in [4.78, 5) is 8.57. The summed E-state index contributed by atoms with van der Waals surface area (Å²) in [6.07, 6.45) is 3.76. The highest BCUT2D eigenvalue weighted by Gasteiger charge is 2.29. The topological polar surface area (TPSA) is 28.2 Å². The minimum Gasteiger partial charge on any atom is -0.310 e. The summed E-state index contributed by atoms with van der Waals surface area (Å²) in [7, 11) is 4.24. The van der Waals surface area contributed by atoms with Crippen LogP contribution >= 0.6 is 11.3 Å². The molecule has 1 saturated carbocycles. The van der Waals surface area contributed by atoms with Crippen LogP contribution in [0, 0.1) is 0 Å². The molecule has 0 aromatic carbocycles. The Morgan fingerprint density at radius 1 is 1.39 bits per heavy atom. The van der Waals surface area contributed by atoms with Crippen molar-refractivity contribution in [2.24, 2.45) is 0 Å². The van der Waals surface area contributed by atoms with E-state index in [1.807, 2.05) is 11.3 Å². The maximum atomic E-state index is 4.87. The highest BCUT2D eigenvalue weighted by atomic mass is 32.1. The van der Waals surface area contributed by atoms with Crippen molar-refractivity contribution < 1.29 is 0 Å². The van der Waals surface area contributed by atoms with E-state index in [4.69, 9.17) is 4.98 Å². The lowest BCUT2D eigenvalue weighted by Crippen LogP contribution is -2.21.